The molecule has 1 aromatic carbocycles. The van der Waals surface area contributed by atoms with Crippen molar-refractivity contribution in [2.45, 2.75) is 26.7 Å². The van der Waals surface area contributed by atoms with Crippen LogP contribution in [0.1, 0.15) is 26.7 Å². The molecule has 1 aromatic rings. The first kappa shape index (κ1) is 14.8. The van der Waals surface area contributed by atoms with Crippen LogP contribution in [0.2, 0.25) is 0 Å². The fourth-order valence-electron chi connectivity index (χ4n) is 2.41. The lowest BCUT2D eigenvalue weighted by Gasteiger charge is -2.33. The minimum Gasteiger partial charge on any atom is -0.495 e. The molecule has 0 spiro atoms. The predicted molar refractivity (Wildman–Crippen MR) is 76.4 cm³/mol. The molecule has 0 aliphatic carbocycles. The first-order valence-electron chi connectivity index (χ1n) is 6.51. The van der Waals surface area contributed by atoms with E-state index in [0.29, 0.717) is 0 Å². The Morgan fingerprint density at radius 1 is 1.33 bits per heavy atom. The maximum Gasteiger partial charge on any atom is 0.142 e. The Balaban J connectivity index is 2.83. The number of hydrogen-bond acceptors (Lipinski definition) is 3. The lowest BCUT2D eigenvalue weighted by Crippen LogP contribution is -2.36. The van der Waals surface area contributed by atoms with Gasteiger partial charge in [-0.25, -0.2) is 0 Å². The zero-order chi connectivity index (χ0) is 13.6. The number of methoxy groups -OCH3 is 1. The van der Waals surface area contributed by atoms with E-state index in [1.165, 1.54) is 0 Å². The highest BCUT2D eigenvalue weighted by atomic mass is 16.5. The van der Waals surface area contributed by atoms with Gasteiger partial charge in [-0.05, 0) is 18.6 Å². The second kappa shape index (κ2) is 6.64. The van der Waals surface area contributed by atoms with Crippen LogP contribution in [-0.4, -0.2) is 32.4 Å². The third-order valence-electron chi connectivity index (χ3n) is 3.35. The van der Waals surface area contributed by atoms with E-state index < -0.39 is 0 Å². The van der Waals surface area contributed by atoms with E-state index in [1.807, 2.05) is 31.3 Å². The van der Waals surface area contributed by atoms with Crippen molar-refractivity contribution in [1.29, 1.82) is 0 Å². The topological polar surface area (TPSA) is 32.7 Å². The largest absolute Gasteiger partial charge is 0.495 e. The maximum atomic E-state index is 9.58. The van der Waals surface area contributed by atoms with E-state index >= 15 is 0 Å². The van der Waals surface area contributed by atoms with E-state index in [0.717, 1.165) is 30.8 Å². The molecule has 0 radical (unpaired) electrons. The normalized spacial score (nSPS) is 14.1. The fraction of sp³-hybridized carbons (Fsp3) is 0.600. The number of nitrogens with zero attached hydrogens (tertiary/aromatic N) is 1. The molecule has 18 heavy (non-hydrogen) atoms. The monoisotopic (exact) mass is 251 g/mol. The summed E-state index contributed by atoms with van der Waals surface area (Å²) in [6, 6.07) is 7.97. The highest BCUT2D eigenvalue weighted by Crippen LogP contribution is 2.31. The molecule has 0 fully saturated rings. The molecule has 0 amide bonds. The van der Waals surface area contributed by atoms with E-state index in [-0.39, 0.29) is 12.0 Å². The van der Waals surface area contributed by atoms with Gasteiger partial charge in [-0.3, -0.25) is 0 Å². The summed E-state index contributed by atoms with van der Waals surface area (Å²) in [5.74, 6) is 0.872. The Morgan fingerprint density at radius 2 is 2.00 bits per heavy atom. The number of rotatable bonds is 7. The summed E-state index contributed by atoms with van der Waals surface area (Å²) >= 11 is 0. The van der Waals surface area contributed by atoms with Crippen LogP contribution < -0.4 is 9.64 Å². The Morgan fingerprint density at radius 3 is 2.56 bits per heavy atom. The van der Waals surface area contributed by atoms with Crippen LogP contribution in [0.4, 0.5) is 5.69 Å². The molecule has 1 rings (SSSR count). The van der Waals surface area contributed by atoms with Crippen LogP contribution >= 0.6 is 0 Å². The number of aliphatic hydroxyl groups is 1. The van der Waals surface area contributed by atoms with Gasteiger partial charge in [0, 0.05) is 19.0 Å². The Labute approximate surface area is 110 Å². The van der Waals surface area contributed by atoms with E-state index in [2.05, 4.69) is 18.7 Å². The number of hydrogen-bond donors (Lipinski definition) is 1. The Kier molecular flexibility index (Phi) is 5.48. The van der Waals surface area contributed by atoms with Crippen molar-refractivity contribution in [1.82, 2.24) is 0 Å². The summed E-state index contributed by atoms with van der Waals surface area (Å²) in [7, 11) is 3.73. The molecular formula is C15H25NO2. The van der Waals surface area contributed by atoms with Crippen molar-refractivity contribution in [2.75, 3.05) is 32.2 Å². The molecule has 0 aliphatic rings. The van der Waals surface area contributed by atoms with Crippen molar-refractivity contribution in [3.8, 4) is 5.75 Å². The van der Waals surface area contributed by atoms with Gasteiger partial charge in [-0.15, -0.1) is 0 Å². The molecule has 3 heteroatoms. The molecule has 102 valence electrons. The maximum absolute atomic E-state index is 9.58. The summed E-state index contributed by atoms with van der Waals surface area (Å²) in [5, 5.41) is 9.58. The van der Waals surface area contributed by atoms with Gasteiger partial charge < -0.3 is 14.7 Å². The number of para-hydroxylation sites is 2. The minimum atomic E-state index is -0.0651. The molecule has 3 nitrogen and oxygen atoms in total. The van der Waals surface area contributed by atoms with Crippen LogP contribution in [0.15, 0.2) is 24.3 Å². The third-order valence-corrected chi connectivity index (χ3v) is 3.35. The molecule has 0 saturated carbocycles. The summed E-state index contributed by atoms with van der Waals surface area (Å²) in [4.78, 5) is 2.16. The Hall–Kier alpha value is -1.22. The first-order valence-corrected chi connectivity index (χ1v) is 6.51. The van der Waals surface area contributed by atoms with E-state index in [1.54, 1.807) is 7.11 Å². The fourth-order valence-corrected chi connectivity index (χ4v) is 2.41. The van der Waals surface area contributed by atoms with Gasteiger partial charge >= 0.3 is 0 Å². The Bertz CT molecular complexity index is 367. The molecule has 0 bridgehead atoms. The average Bonchev–Trinajstić information content (AvgIpc) is 2.38. The summed E-state index contributed by atoms with van der Waals surface area (Å²) < 4.78 is 5.37. The van der Waals surface area contributed by atoms with Crippen molar-refractivity contribution in [3.63, 3.8) is 0 Å². The van der Waals surface area contributed by atoms with Gasteiger partial charge in [0.2, 0.25) is 0 Å². The summed E-state index contributed by atoms with van der Waals surface area (Å²) in [6.07, 6.45) is 2.10. The summed E-state index contributed by atoms with van der Waals surface area (Å²) in [5.41, 5.74) is 1.00. The van der Waals surface area contributed by atoms with Crippen LogP contribution in [0.3, 0.4) is 0 Å². The van der Waals surface area contributed by atoms with Crippen LogP contribution in [0, 0.1) is 5.41 Å². The van der Waals surface area contributed by atoms with Crippen molar-refractivity contribution < 1.29 is 9.84 Å². The quantitative estimate of drug-likeness (QED) is 0.808. The number of benzene rings is 1. The second-order valence-electron chi connectivity index (χ2n) is 5.25. The van der Waals surface area contributed by atoms with E-state index in [9.17, 15) is 5.11 Å². The highest BCUT2D eigenvalue weighted by molar-refractivity contribution is 5.57. The molecular weight excluding hydrogens is 226 g/mol. The number of anilines is 1. The van der Waals surface area contributed by atoms with Crippen molar-refractivity contribution in [3.05, 3.63) is 24.3 Å². The third kappa shape index (κ3) is 3.64. The molecule has 1 unspecified atom stereocenters. The SMILES string of the molecule is CCCC(C)(CO)CN(C)c1ccccc1OC. The molecule has 1 N–H and O–H groups in total. The lowest BCUT2D eigenvalue weighted by molar-refractivity contribution is 0.137. The van der Waals surface area contributed by atoms with Gasteiger partial charge in [-0.1, -0.05) is 32.4 Å². The molecule has 0 aromatic heterocycles. The molecule has 0 saturated heterocycles. The first-order chi connectivity index (χ1) is 8.56. The number of ether oxygens (including phenoxy) is 1. The van der Waals surface area contributed by atoms with E-state index in [4.69, 9.17) is 4.74 Å². The van der Waals surface area contributed by atoms with Gasteiger partial charge in [-0.2, -0.15) is 0 Å². The smallest absolute Gasteiger partial charge is 0.142 e. The lowest BCUT2D eigenvalue weighted by atomic mass is 9.86. The van der Waals surface area contributed by atoms with Crippen LogP contribution in [0.5, 0.6) is 5.75 Å². The highest BCUT2D eigenvalue weighted by Gasteiger charge is 2.25. The molecule has 0 heterocycles. The van der Waals surface area contributed by atoms with Crippen molar-refractivity contribution in [2.24, 2.45) is 5.41 Å². The zero-order valence-electron chi connectivity index (χ0n) is 11.9. The van der Waals surface area contributed by atoms with Gasteiger partial charge in [0.25, 0.3) is 0 Å². The molecule has 1 atom stereocenters. The average molecular weight is 251 g/mol. The van der Waals surface area contributed by atoms with Crippen LogP contribution in [-0.2, 0) is 0 Å². The summed E-state index contributed by atoms with van der Waals surface area (Å²) in [6.45, 7) is 5.30. The van der Waals surface area contributed by atoms with Gasteiger partial charge in [0.1, 0.15) is 5.75 Å². The second-order valence-corrected chi connectivity index (χ2v) is 5.25. The van der Waals surface area contributed by atoms with Crippen molar-refractivity contribution >= 4 is 5.69 Å². The number of aliphatic hydroxyl groups excluding tert-OH is 1. The minimum absolute atomic E-state index is 0.0651. The zero-order valence-corrected chi connectivity index (χ0v) is 11.9. The predicted octanol–water partition coefficient (Wildman–Crippen LogP) is 2.93. The van der Waals surface area contributed by atoms with Gasteiger partial charge in [0.05, 0.1) is 19.4 Å². The van der Waals surface area contributed by atoms with Gasteiger partial charge in [0.15, 0.2) is 0 Å². The van der Waals surface area contributed by atoms with Crippen LogP contribution in [0.25, 0.3) is 0 Å². The standard InChI is InChI=1S/C15H25NO2/c1-5-10-15(2,12-17)11-16(3)13-8-6-7-9-14(13)18-4/h6-9,17H,5,10-12H2,1-4H3. The molecule has 0 aliphatic heterocycles.